The van der Waals surface area contributed by atoms with Gasteiger partial charge >= 0.3 is 0 Å². The Morgan fingerprint density at radius 1 is 1.20 bits per heavy atom. The van der Waals surface area contributed by atoms with Crippen molar-refractivity contribution in [3.8, 4) is 5.75 Å². The van der Waals surface area contributed by atoms with E-state index >= 15 is 0 Å². The third-order valence-corrected chi connectivity index (χ3v) is 4.89. The van der Waals surface area contributed by atoms with E-state index < -0.39 is 0 Å². The molecular formula is C21H29IN6O2. The largest absolute Gasteiger partial charge is 0.497 e. The molecule has 3 rings (SSSR count). The molecule has 0 bridgehead atoms. The van der Waals surface area contributed by atoms with E-state index in [1.54, 1.807) is 13.4 Å². The molecule has 8 nitrogen and oxygen atoms in total. The van der Waals surface area contributed by atoms with Crippen molar-refractivity contribution in [2.24, 2.45) is 12.0 Å². The summed E-state index contributed by atoms with van der Waals surface area (Å²) in [5, 5.41) is 11.8. The summed E-state index contributed by atoms with van der Waals surface area (Å²) >= 11 is 0. The zero-order valence-corrected chi connectivity index (χ0v) is 20.4. The van der Waals surface area contributed by atoms with Gasteiger partial charge in [0, 0.05) is 26.2 Å². The standard InChI is InChI=1S/C21H28N6O2.HI/c1-15-18(10-11-29-15)14-26(3)21(23-13-20-25-24-16(2)27(20)4)22-12-17-6-8-19(28-5)9-7-17;/h6-11H,12-14H2,1-5H3,(H,22,23);1H. The lowest BCUT2D eigenvalue weighted by molar-refractivity contribution is 0.414. The second kappa shape index (κ2) is 11.0. The van der Waals surface area contributed by atoms with Gasteiger partial charge < -0.3 is 23.9 Å². The molecule has 0 saturated heterocycles. The summed E-state index contributed by atoms with van der Waals surface area (Å²) in [6.07, 6.45) is 1.71. The average molecular weight is 524 g/mol. The normalized spacial score (nSPS) is 11.2. The molecule has 0 amide bonds. The van der Waals surface area contributed by atoms with Gasteiger partial charge in [0.15, 0.2) is 11.8 Å². The molecule has 0 radical (unpaired) electrons. The number of aliphatic imine (C=N–C) groups is 1. The van der Waals surface area contributed by atoms with Crippen LogP contribution in [0.5, 0.6) is 5.75 Å². The molecule has 0 spiro atoms. The number of methoxy groups -OCH3 is 1. The Bertz CT molecular complexity index is 964. The van der Waals surface area contributed by atoms with Crippen molar-refractivity contribution in [2.45, 2.75) is 33.5 Å². The summed E-state index contributed by atoms with van der Waals surface area (Å²) in [4.78, 5) is 6.89. The second-order valence-electron chi connectivity index (χ2n) is 6.92. The predicted molar refractivity (Wildman–Crippen MR) is 127 cm³/mol. The van der Waals surface area contributed by atoms with Crippen LogP contribution in [0, 0.1) is 13.8 Å². The maximum atomic E-state index is 5.42. The number of nitrogens with zero attached hydrogens (tertiary/aromatic N) is 5. The number of ether oxygens (including phenoxy) is 1. The number of aromatic nitrogens is 3. The van der Waals surface area contributed by atoms with Crippen molar-refractivity contribution < 1.29 is 9.15 Å². The number of hydrogen-bond donors (Lipinski definition) is 1. The fourth-order valence-electron chi connectivity index (χ4n) is 2.88. The summed E-state index contributed by atoms with van der Waals surface area (Å²) < 4.78 is 12.6. The lowest BCUT2D eigenvalue weighted by Crippen LogP contribution is -2.38. The summed E-state index contributed by atoms with van der Waals surface area (Å²) in [5.41, 5.74) is 2.23. The van der Waals surface area contributed by atoms with Crippen LogP contribution in [-0.4, -0.2) is 39.8 Å². The maximum Gasteiger partial charge on any atom is 0.194 e. The fourth-order valence-corrected chi connectivity index (χ4v) is 2.88. The molecule has 0 aliphatic rings. The molecule has 0 fully saturated rings. The van der Waals surface area contributed by atoms with Gasteiger partial charge in [0.25, 0.3) is 0 Å². The van der Waals surface area contributed by atoms with Crippen molar-refractivity contribution in [2.75, 3.05) is 14.2 Å². The first kappa shape index (κ1) is 23.7. The van der Waals surface area contributed by atoms with Gasteiger partial charge in [0.05, 0.1) is 26.5 Å². The van der Waals surface area contributed by atoms with Crippen molar-refractivity contribution >= 4 is 29.9 Å². The van der Waals surface area contributed by atoms with Crippen LogP contribution in [0.1, 0.15) is 28.5 Å². The van der Waals surface area contributed by atoms with Crippen LogP contribution in [0.3, 0.4) is 0 Å². The second-order valence-corrected chi connectivity index (χ2v) is 6.92. The highest BCUT2D eigenvalue weighted by molar-refractivity contribution is 14.0. The zero-order valence-electron chi connectivity index (χ0n) is 18.0. The number of hydrogen-bond acceptors (Lipinski definition) is 5. The first-order valence-corrected chi connectivity index (χ1v) is 9.48. The number of guanidine groups is 1. The zero-order chi connectivity index (χ0) is 20.8. The highest BCUT2D eigenvalue weighted by Crippen LogP contribution is 2.13. The first-order chi connectivity index (χ1) is 14.0. The van der Waals surface area contributed by atoms with E-state index in [0.29, 0.717) is 19.6 Å². The summed E-state index contributed by atoms with van der Waals surface area (Å²) in [5.74, 6) is 4.26. The van der Waals surface area contributed by atoms with Gasteiger partial charge in [-0.15, -0.1) is 34.2 Å². The summed E-state index contributed by atoms with van der Waals surface area (Å²) in [6, 6.07) is 9.91. The minimum Gasteiger partial charge on any atom is -0.497 e. The average Bonchev–Trinajstić information content (AvgIpc) is 3.27. The maximum absolute atomic E-state index is 5.42. The lowest BCUT2D eigenvalue weighted by Gasteiger charge is -2.22. The Morgan fingerprint density at radius 2 is 1.93 bits per heavy atom. The third-order valence-electron chi connectivity index (χ3n) is 4.89. The fraction of sp³-hybridized carbons (Fsp3) is 0.381. The predicted octanol–water partition coefficient (Wildman–Crippen LogP) is 3.43. The molecule has 9 heteroatoms. The number of rotatable bonds is 7. The van der Waals surface area contributed by atoms with Crippen LogP contribution in [0.2, 0.25) is 0 Å². The number of benzene rings is 1. The molecule has 0 aliphatic carbocycles. The van der Waals surface area contributed by atoms with Crippen molar-refractivity contribution in [3.63, 3.8) is 0 Å². The molecule has 0 unspecified atom stereocenters. The molecular weight excluding hydrogens is 495 g/mol. The Kier molecular flexibility index (Phi) is 8.70. The SMILES string of the molecule is COc1ccc(CN=C(NCc2nnc(C)n2C)N(C)Cc2ccoc2C)cc1.I. The number of nitrogens with one attached hydrogen (secondary N) is 1. The molecule has 2 heterocycles. The van der Waals surface area contributed by atoms with Gasteiger partial charge in [-0.05, 0) is 37.6 Å². The summed E-state index contributed by atoms with van der Waals surface area (Å²) in [6.45, 7) is 5.68. The van der Waals surface area contributed by atoms with E-state index in [1.165, 1.54) is 0 Å². The van der Waals surface area contributed by atoms with E-state index in [2.05, 4.69) is 20.4 Å². The molecule has 30 heavy (non-hydrogen) atoms. The van der Waals surface area contributed by atoms with E-state index in [-0.39, 0.29) is 24.0 Å². The van der Waals surface area contributed by atoms with Gasteiger partial charge in [0.2, 0.25) is 0 Å². The van der Waals surface area contributed by atoms with Crippen LogP contribution < -0.4 is 10.1 Å². The Balaban J connectivity index is 0.00000320. The van der Waals surface area contributed by atoms with Gasteiger partial charge in [-0.2, -0.15) is 0 Å². The van der Waals surface area contributed by atoms with Crippen LogP contribution in [-0.2, 0) is 26.7 Å². The van der Waals surface area contributed by atoms with E-state index in [0.717, 1.165) is 40.2 Å². The van der Waals surface area contributed by atoms with E-state index in [9.17, 15) is 0 Å². The van der Waals surface area contributed by atoms with Crippen molar-refractivity contribution in [3.05, 3.63) is 65.1 Å². The first-order valence-electron chi connectivity index (χ1n) is 9.48. The van der Waals surface area contributed by atoms with Gasteiger partial charge in [-0.25, -0.2) is 4.99 Å². The molecule has 0 saturated carbocycles. The molecule has 2 aromatic heterocycles. The molecule has 3 aromatic rings. The van der Waals surface area contributed by atoms with Crippen LogP contribution in [0.25, 0.3) is 0 Å². The van der Waals surface area contributed by atoms with Gasteiger partial charge in [-0.3, -0.25) is 0 Å². The molecule has 162 valence electrons. The van der Waals surface area contributed by atoms with Crippen LogP contribution in [0.15, 0.2) is 46.0 Å². The Labute approximate surface area is 194 Å². The molecule has 1 aromatic carbocycles. The number of halogens is 1. The van der Waals surface area contributed by atoms with Crippen LogP contribution >= 0.6 is 24.0 Å². The quantitative estimate of drug-likeness (QED) is 0.290. The summed E-state index contributed by atoms with van der Waals surface area (Å²) in [7, 11) is 5.63. The minimum absolute atomic E-state index is 0. The van der Waals surface area contributed by atoms with Crippen molar-refractivity contribution in [1.82, 2.24) is 25.0 Å². The Morgan fingerprint density at radius 3 is 2.50 bits per heavy atom. The lowest BCUT2D eigenvalue weighted by atomic mass is 10.2. The Hall–Kier alpha value is -2.56. The van der Waals surface area contributed by atoms with Gasteiger partial charge in [0.1, 0.15) is 17.3 Å². The van der Waals surface area contributed by atoms with Crippen LogP contribution in [0.4, 0.5) is 0 Å². The van der Waals surface area contributed by atoms with Crippen molar-refractivity contribution in [1.29, 1.82) is 0 Å². The molecule has 1 N–H and O–H groups in total. The van der Waals surface area contributed by atoms with E-state index in [4.69, 9.17) is 14.1 Å². The highest BCUT2D eigenvalue weighted by atomic mass is 127. The monoisotopic (exact) mass is 524 g/mol. The topological polar surface area (TPSA) is 80.7 Å². The highest BCUT2D eigenvalue weighted by Gasteiger charge is 2.12. The molecule has 0 atom stereocenters. The minimum atomic E-state index is 0. The number of aryl methyl sites for hydroxylation is 2. The third kappa shape index (κ3) is 5.97. The van der Waals surface area contributed by atoms with Gasteiger partial charge in [-0.1, -0.05) is 12.1 Å². The number of furan rings is 1. The smallest absolute Gasteiger partial charge is 0.194 e. The molecule has 0 aliphatic heterocycles. The van der Waals surface area contributed by atoms with E-state index in [1.807, 2.05) is 62.8 Å².